The van der Waals surface area contributed by atoms with E-state index in [0.717, 1.165) is 25.9 Å². The van der Waals surface area contributed by atoms with Crippen molar-refractivity contribution in [2.75, 3.05) is 20.1 Å². The molecule has 1 aliphatic heterocycles. The lowest BCUT2D eigenvalue weighted by molar-refractivity contribution is -0.122. The number of carboxylic acids is 1. The van der Waals surface area contributed by atoms with Gasteiger partial charge in [0.2, 0.25) is 5.91 Å². The molecule has 2 N–H and O–H groups in total. The fourth-order valence-electron chi connectivity index (χ4n) is 2.05. The van der Waals surface area contributed by atoms with Crippen LogP contribution >= 0.6 is 0 Å². The molecule has 0 spiro atoms. The van der Waals surface area contributed by atoms with Crippen LogP contribution in [-0.4, -0.2) is 63.1 Å². The average Bonchev–Trinajstić information content (AvgIpc) is 2.80. The van der Waals surface area contributed by atoms with E-state index in [9.17, 15) is 9.59 Å². The van der Waals surface area contributed by atoms with Crippen molar-refractivity contribution in [1.29, 1.82) is 0 Å². The predicted molar refractivity (Wildman–Crippen MR) is 65.6 cm³/mol. The van der Waals surface area contributed by atoms with Gasteiger partial charge < -0.3 is 15.3 Å². The van der Waals surface area contributed by atoms with Crippen LogP contribution in [0.3, 0.4) is 0 Å². The minimum Gasteiger partial charge on any atom is -0.476 e. The monoisotopic (exact) mass is 267 g/mol. The topological polar surface area (TPSA) is 100 Å². The Balaban J connectivity index is 1.82. The molecule has 0 bridgehead atoms. The third kappa shape index (κ3) is 3.75. The molecule has 8 nitrogen and oxygen atoms in total. The second-order valence-electron chi connectivity index (χ2n) is 4.75. The third-order valence-corrected chi connectivity index (χ3v) is 3.15. The van der Waals surface area contributed by atoms with E-state index in [0.29, 0.717) is 0 Å². The zero-order valence-corrected chi connectivity index (χ0v) is 10.7. The summed E-state index contributed by atoms with van der Waals surface area (Å²) in [6.45, 7) is 1.93. The molecule has 1 aromatic heterocycles. The summed E-state index contributed by atoms with van der Waals surface area (Å²) < 4.78 is 1.23. The normalized spacial score (nSPS) is 17.3. The number of carboxylic acid groups (broad SMARTS) is 1. The lowest BCUT2D eigenvalue weighted by Crippen LogP contribution is -2.44. The summed E-state index contributed by atoms with van der Waals surface area (Å²) >= 11 is 0. The number of hydrogen-bond acceptors (Lipinski definition) is 5. The Morgan fingerprint density at radius 1 is 1.47 bits per heavy atom. The van der Waals surface area contributed by atoms with Crippen LogP contribution < -0.4 is 5.32 Å². The van der Waals surface area contributed by atoms with Crippen LogP contribution in [0, 0.1) is 0 Å². The number of likely N-dealkylation sites (tertiary alicyclic amines) is 1. The highest BCUT2D eigenvalue weighted by atomic mass is 16.4. The summed E-state index contributed by atoms with van der Waals surface area (Å²) in [5.74, 6) is -1.32. The molecular weight excluding hydrogens is 250 g/mol. The molecule has 1 saturated heterocycles. The standard InChI is InChI=1S/C11H17N5O3/c1-15-4-2-8(3-5-15)12-10(17)7-16-6-9(11(18)19)13-14-16/h6,8H,2-5,7H2,1H3,(H,12,17)(H,18,19). The van der Waals surface area contributed by atoms with Crippen molar-refractivity contribution < 1.29 is 14.7 Å². The number of amides is 1. The molecule has 104 valence electrons. The van der Waals surface area contributed by atoms with E-state index in [1.54, 1.807) is 0 Å². The van der Waals surface area contributed by atoms with Crippen molar-refractivity contribution in [2.45, 2.75) is 25.4 Å². The molecule has 0 aromatic carbocycles. The number of carbonyl (C=O) groups is 2. The second kappa shape index (κ2) is 5.79. The van der Waals surface area contributed by atoms with Crippen LogP contribution in [0.2, 0.25) is 0 Å². The van der Waals surface area contributed by atoms with E-state index in [2.05, 4.69) is 27.6 Å². The first kappa shape index (κ1) is 13.5. The van der Waals surface area contributed by atoms with E-state index in [4.69, 9.17) is 5.11 Å². The van der Waals surface area contributed by atoms with Gasteiger partial charge in [-0.05, 0) is 33.0 Å². The Hall–Kier alpha value is -1.96. The van der Waals surface area contributed by atoms with Gasteiger partial charge in [0, 0.05) is 6.04 Å². The summed E-state index contributed by atoms with van der Waals surface area (Å²) in [4.78, 5) is 24.6. The number of nitrogens with one attached hydrogen (secondary N) is 1. The first-order valence-electron chi connectivity index (χ1n) is 6.16. The van der Waals surface area contributed by atoms with Gasteiger partial charge >= 0.3 is 5.97 Å². The fourth-order valence-corrected chi connectivity index (χ4v) is 2.05. The second-order valence-corrected chi connectivity index (χ2v) is 4.75. The molecule has 1 amide bonds. The predicted octanol–water partition coefficient (Wildman–Crippen LogP) is -0.813. The average molecular weight is 267 g/mol. The molecule has 0 aliphatic carbocycles. The molecule has 8 heteroatoms. The number of rotatable bonds is 4. The third-order valence-electron chi connectivity index (χ3n) is 3.15. The van der Waals surface area contributed by atoms with Crippen LogP contribution in [0.25, 0.3) is 0 Å². The van der Waals surface area contributed by atoms with Crippen molar-refractivity contribution >= 4 is 11.9 Å². The lowest BCUT2D eigenvalue weighted by Gasteiger charge is -2.29. The molecule has 1 fully saturated rings. The van der Waals surface area contributed by atoms with Gasteiger partial charge in [-0.15, -0.1) is 5.10 Å². The van der Waals surface area contributed by atoms with Crippen molar-refractivity contribution in [2.24, 2.45) is 0 Å². The lowest BCUT2D eigenvalue weighted by atomic mass is 10.1. The number of piperidine rings is 1. The number of carbonyl (C=O) groups excluding carboxylic acids is 1. The minimum absolute atomic E-state index is 0.00732. The molecule has 19 heavy (non-hydrogen) atoms. The van der Waals surface area contributed by atoms with Crippen LogP contribution in [0.5, 0.6) is 0 Å². The maximum Gasteiger partial charge on any atom is 0.358 e. The Morgan fingerprint density at radius 3 is 2.74 bits per heavy atom. The first-order chi connectivity index (χ1) is 9.04. The zero-order valence-electron chi connectivity index (χ0n) is 10.7. The number of aromatic carboxylic acids is 1. The van der Waals surface area contributed by atoms with Crippen molar-refractivity contribution in [1.82, 2.24) is 25.2 Å². The van der Waals surface area contributed by atoms with Crippen LogP contribution in [-0.2, 0) is 11.3 Å². The number of nitrogens with zero attached hydrogens (tertiary/aromatic N) is 4. The highest BCUT2D eigenvalue weighted by Crippen LogP contribution is 2.07. The molecule has 1 aliphatic rings. The molecule has 0 atom stereocenters. The molecule has 2 heterocycles. The molecule has 0 unspecified atom stereocenters. The SMILES string of the molecule is CN1CCC(NC(=O)Cn2cc(C(=O)O)nn2)CC1. The van der Waals surface area contributed by atoms with E-state index >= 15 is 0 Å². The molecule has 0 radical (unpaired) electrons. The Morgan fingerprint density at radius 2 is 2.16 bits per heavy atom. The van der Waals surface area contributed by atoms with E-state index < -0.39 is 5.97 Å². The van der Waals surface area contributed by atoms with Gasteiger partial charge in [-0.3, -0.25) is 4.79 Å². The highest BCUT2D eigenvalue weighted by molar-refractivity contribution is 5.84. The Kier molecular flexibility index (Phi) is 4.10. The quantitative estimate of drug-likeness (QED) is 0.739. The first-order valence-corrected chi connectivity index (χ1v) is 6.16. The maximum atomic E-state index is 11.8. The Bertz CT molecular complexity index is 465. The van der Waals surface area contributed by atoms with Gasteiger partial charge in [0.15, 0.2) is 5.69 Å². The Labute approximate surface area is 110 Å². The van der Waals surface area contributed by atoms with Crippen molar-refractivity contribution in [3.63, 3.8) is 0 Å². The van der Waals surface area contributed by atoms with Crippen LogP contribution in [0.15, 0.2) is 6.20 Å². The summed E-state index contributed by atoms with van der Waals surface area (Å²) in [6, 6.07) is 0.186. The van der Waals surface area contributed by atoms with Gasteiger partial charge in [-0.25, -0.2) is 9.48 Å². The zero-order chi connectivity index (χ0) is 13.8. The molecule has 1 aromatic rings. The molecule has 2 rings (SSSR count). The van der Waals surface area contributed by atoms with Gasteiger partial charge in [0.25, 0.3) is 0 Å². The summed E-state index contributed by atoms with van der Waals surface area (Å²) in [7, 11) is 2.06. The fraction of sp³-hybridized carbons (Fsp3) is 0.636. The molecule has 0 saturated carbocycles. The summed E-state index contributed by atoms with van der Waals surface area (Å²) in [5.41, 5.74) is -0.160. The largest absolute Gasteiger partial charge is 0.476 e. The summed E-state index contributed by atoms with van der Waals surface area (Å²) in [5, 5.41) is 18.7. The van der Waals surface area contributed by atoms with Crippen LogP contribution in [0.1, 0.15) is 23.3 Å². The maximum absolute atomic E-state index is 11.8. The number of hydrogen-bond donors (Lipinski definition) is 2. The van der Waals surface area contributed by atoms with Gasteiger partial charge in [0.05, 0.1) is 6.20 Å². The van der Waals surface area contributed by atoms with Crippen molar-refractivity contribution in [3.8, 4) is 0 Å². The van der Waals surface area contributed by atoms with E-state index in [-0.39, 0.29) is 24.2 Å². The minimum atomic E-state index is -1.15. The smallest absolute Gasteiger partial charge is 0.358 e. The number of aromatic nitrogens is 3. The van der Waals surface area contributed by atoms with E-state index in [1.165, 1.54) is 10.9 Å². The van der Waals surface area contributed by atoms with Crippen LogP contribution in [0.4, 0.5) is 0 Å². The summed E-state index contributed by atoms with van der Waals surface area (Å²) in [6.07, 6.45) is 3.11. The van der Waals surface area contributed by atoms with E-state index in [1.807, 2.05) is 0 Å². The van der Waals surface area contributed by atoms with Crippen molar-refractivity contribution in [3.05, 3.63) is 11.9 Å². The van der Waals surface area contributed by atoms with Gasteiger partial charge in [-0.1, -0.05) is 5.21 Å². The highest BCUT2D eigenvalue weighted by Gasteiger charge is 2.19. The molecular formula is C11H17N5O3. The van der Waals surface area contributed by atoms with Gasteiger partial charge in [-0.2, -0.15) is 0 Å². The van der Waals surface area contributed by atoms with Gasteiger partial charge in [0.1, 0.15) is 6.54 Å².